The summed E-state index contributed by atoms with van der Waals surface area (Å²) >= 11 is 0. The number of ether oxygens (including phenoxy) is 2. The highest BCUT2D eigenvalue weighted by Gasteiger charge is 2.36. The lowest BCUT2D eigenvalue weighted by Crippen LogP contribution is -2.40. The molecule has 0 saturated carbocycles. The van der Waals surface area contributed by atoms with Crippen molar-refractivity contribution >= 4 is 11.9 Å². The van der Waals surface area contributed by atoms with Crippen molar-refractivity contribution in [2.45, 2.75) is 366 Å². The Labute approximate surface area is 455 Å². The van der Waals surface area contributed by atoms with Crippen LogP contribution >= 0.6 is 0 Å². The Balaban J connectivity index is 1.68. The summed E-state index contributed by atoms with van der Waals surface area (Å²) < 4.78 is 10.6. The highest BCUT2D eigenvalue weighted by atomic mass is 16.6. The van der Waals surface area contributed by atoms with Crippen LogP contribution in [0.1, 0.15) is 366 Å². The Morgan fingerprint density at radius 1 is 0.356 bits per heavy atom. The summed E-state index contributed by atoms with van der Waals surface area (Å²) in [6.07, 6.45) is 81.6. The molecule has 0 aromatic carbocycles. The molecule has 1 saturated heterocycles. The zero-order chi connectivity index (χ0) is 52.5. The lowest BCUT2D eigenvalue weighted by atomic mass is 9.92. The lowest BCUT2D eigenvalue weighted by Gasteiger charge is -2.27. The predicted molar refractivity (Wildman–Crippen MR) is 315 cm³/mol. The van der Waals surface area contributed by atoms with Gasteiger partial charge in [-0.2, -0.15) is 0 Å². The highest BCUT2D eigenvalue weighted by Crippen LogP contribution is 2.25. The molecule has 6 heteroatoms. The molecule has 0 spiro atoms. The predicted octanol–water partition coefficient (Wildman–Crippen LogP) is 21.1. The fourth-order valence-electron chi connectivity index (χ4n) is 11.1. The minimum atomic E-state index is -1.12. The molecule has 0 aliphatic carbocycles. The van der Waals surface area contributed by atoms with E-state index in [9.17, 15) is 19.8 Å². The third-order valence-corrected chi connectivity index (χ3v) is 16.5. The SMILES string of the molecule is CCCCCCCCCCCCCCCCCCCCCCCCCCCCCCCC/C=C/CCCCCCCCCCCCCCCCCCCCCCCCC1CC(=O)OCC(CO)(CO)COC1=O. The fourth-order valence-corrected chi connectivity index (χ4v) is 11.1. The van der Waals surface area contributed by atoms with Gasteiger partial charge in [0.25, 0.3) is 0 Å². The van der Waals surface area contributed by atoms with Gasteiger partial charge in [0.1, 0.15) is 13.2 Å². The smallest absolute Gasteiger partial charge is 0.309 e. The quantitative estimate of drug-likeness (QED) is 0.0358. The van der Waals surface area contributed by atoms with E-state index in [0.717, 1.165) is 19.3 Å². The number of rotatable bonds is 58. The second-order valence-electron chi connectivity index (χ2n) is 23.9. The molecule has 1 unspecified atom stereocenters. The topological polar surface area (TPSA) is 93.1 Å². The summed E-state index contributed by atoms with van der Waals surface area (Å²) in [5.74, 6) is -1.40. The molecule has 432 valence electrons. The van der Waals surface area contributed by atoms with Crippen molar-refractivity contribution in [3.8, 4) is 0 Å². The first-order valence-corrected chi connectivity index (χ1v) is 33.3. The minimum absolute atomic E-state index is 0.00426. The van der Waals surface area contributed by atoms with E-state index >= 15 is 0 Å². The van der Waals surface area contributed by atoms with Gasteiger partial charge in [-0.1, -0.05) is 340 Å². The van der Waals surface area contributed by atoms with Crippen LogP contribution in [0.2, 0.25) is 0 Å². The van der Waals surface area contributed by atoms with E-state index in [1.165, 1.54) is 327 Å². The van der Waals surface area contributed by atoms with Crippen LogP contribution in [0.25, 0.3) is 0 Å². The molecule has 1 heterocycles. The van der Waals surface area contributed by atoms with Crippen molar-refractivity contribution in [2.75, 3.05) is 26.4 Å². The first-order valence-electron chi connectivity index (χ1n) is 33.3. The van der Waals surface area contributed by atoms with Gasteiger partial charge in [-0.15, -0.1) is 0 Å². The van der Waals surface area contributed by atoms with Crippen molar-refractivity contribution in [1.82, 2.24) is 0 Å². The molecule has 2 N–H and O–H groups in total. The number of carbonyl (C=O) groups is 2. The maximum atomic E-state index is 12.5. The van der Waals surface area contributed by atoms with Crippen LogP contribution in [0.15, 0.2) is 12.2 Å². The summed E-state index contributed by atoms with van der Waals surface area (Å²) in [6, 6.07) is 0. The number of aliphatic hydroxyl groups is 2. The maximum Gasteiger partial charge on any atom is 0.309 e. The third kappa shape index (κ3) is 48.7. The molecule has 0 amide bonds. The molecular weight excluding hydrogens is 901 g/mol. The highest BCUT2D eigenvalue weighted by molar-refractivity contribution is 5.80. The summed E-state index contributed by atoms with van der Waals surface area (Å²) in [7, 11) is 0. The van der Waals surface area contributed by atoms with E-state index in [1.54, 1.807) is 0 Å². The van der Waals surface area contributed by atoms with Crippen LogP contribution in [0, 0.1) is 11.3 Å². The van der Waals surface area contributed by atoms with Gasteiger partial charge >= 0.3 is 11.9 Å². The van der Waals surface area contributed by atoms with Gasteiger partial charge in [0.2, 0.25) is 0 Å². The Bertz CT molecular complexity index is 1150. The first-order chi connectivity index (χ1) is 36.1. The van der Waals surface area contributed by atoms with Crippen LogP contribution in [0.5, 0.6) is 0 Å². The molecule has 1 aliphatic heterocycles. The van der Waals surface area contributed by atoms with Gasteiger partial charge in [0.05, 0.1) is 31.0 Å². The Morgan fingerprint density at radius 2 is 0.589 bits per heavy atom. The summed E-state index contributed by atoms with van der Waals surface area (Å²) in [6.45, 7) is 1.21. The van der Waals surface area contributed by atoms with E-state index in [1.807, 2.05) is 0 Å². The van der Waals surface area contributed by atoms with Gasteiger partial charge in [0, 0.05) is 0 Å². The molecule has 0 bridgehead atoms. The fraction of sp³-hybridized carbons (Fsp3) is 0.940. The molecule has 73 heavy (non-hydrogen) atoms. The number of aliphatic hydroxyl groups excluding tert-OH is 2. The van der Waals surface area contributed by atoms with Crippen molar-refractivity contribution in [3.63, 3.8) is 0 Å². The second-order valence-corrected chi connectivity index (χ2v) is 23.9. The Kier molecular flexibility index (Phi) is 54.2. The van der Waals surface area contributed by atoms with Crippen molar-refractivity contribution in [3.05, 3.63) is 12.2 Å². The number of carbonyl (C=O) groups excluding carboxylic acids is 2. The number of cyclic esters (lactones) is 2. The number of hydrogen-bond acceptors (Lipinski definition) is 6. The normalized spacial score (nSPS) is 15.2. The van der Waals surface area contributed by atoms with Gasteiger partial charge in [0.15, 0.2) is 0 Å². The van der Waals surface area contributed by atoms with E-state index in [-0.39, 0.29) is 19.6 Å². The molecule has 0 radical (unpaired) electrons. The molecular formula is C67H128O6. The lowest BCUT2D eigenvalue weighted by molar-refractivity contribution is -0.155. The number of unbranched alkanes of at least 4 members (excludes halogenated alkanes) is 52. The van der Waals surface area contributed by atoms with Crippen LogP contribution < -0.4 is 0 Å². The maximum absolute atomic E-state index is 12.5. The van der Waals surface area contributed by atoms with Crippen LogP contribution in [-0.2, 0) is 19.1 Å². The monoisotopic (exact) mass is 1030 g/mol. The molecule has 1 aliphatic rings. The zero-order valence-electron chi connectivity index (χ0n) is 49.2. The van der Waals surface area contributed by atoms with Crippen LogP contribution in [0.3, 0.4) is 0 Å². The number of esters is 2. The molecule has 1 rings (SSSR count). The standard InChI is InChI=1S/C67H128O6/c1-2-3-4-5-6-7-8-9-10-11-12-13-14-15-16-17-18-19-20-21-22-23-24-25-26-27-28-29-30-31-32-33-34-35-36-37-38-39-40-41-42-43-44-45-46-47-48-49-50-51-52-53-54-55-56-57-58-64-59-65(70)72-62-67(60-68,61-69)63-73-66(64)71/h33-34,64,68-69H,2-32,35-63H2,1H3/b34-33+. The van der Waals surface area contributed by atoms with E-state index in [0.29, 0.717) is 6.42 Å². The summed E-state index contributed by atoms with van der Waals surface area (Å²) in [5, 5.41) is 19.2. The average Bonchev–Trinajstić information content (AvgIpc) is 3.46. The van der Waals surface area contributed by atoms with Gasteiger partial charge in [-0.3, -0.25) is 9.59 Å². The zero-order valence-corrected chi connectivity index (χ0v) is 49.2. The molecule has 1 fully saturated rings. The Hall–Kier alpha value is -1.40. The average molecular weight is 1030 g/mol. The minimum Gasteiger partial charge on any atom is -0.465 e. The molecule has 0 aromatic rings. The van der Waals surface area contributed by atoms with Gasteiger partial charge in [-0.05, 0) is 32.1 Å². The van der Waals surface area contributed by atoms with E-state index in [4.69, 9.17) is 9.47 Å². The van der Waals surface area contributed by atoms with Gasteiger partial charge in [-0.25, -0.2) is 0 Å². The third-order valence-electron chi connectivity index (χ3n) is 16.5. The second kappa shape index (κ2) is 56.8. The number of allylic oxidation sites excluding steroid dienone is 2. The van der Waals surface area contributed by atoms with Crippen LogP contribution in [0.4, 0.5) is 0 Å². The van der Waals surface area contributed by atoms with Gasteiger partial charge < -0.3 is 19.7 Å². The number of hydrogen-bond donors (Lipinski definition) is 2. The molecule has 1 atom stereocenters. The summed E-state index contributed by atoms with van der Waals surface area (Å²) in [4.78, 5) is 24.7. The van der Waals surface area contributed by atoms with Crippen molar-refractivity contribution in [2.24, 2.45) is 11.3 Å². The van der Waals surface area contributed by atoms with E-state index in [2.05, 4.69) is 19.1 Å². The van der Waals surface area contributed by atoms with Crippen molar-refractivity contribution < 1.29 is 29.3 Å². The first kappa shape index (κ1) is 69.6. The van der Waals surface area contributed by atoms with E-state index < -0.39 is 36.5 Å². The molecule has 0 aromatic heterocycles. The van der Waals surface area contributed by atoms with Crippen LogP contribution in [-0.4, -0.2) is 48.6 Å². The van der Waals surface area contributed by atoms with Crippen molar-refractivity contribution in [1.29, 1.82) is 0 Å². The summed E-state index contributed by atoms with van der Waals surface area (Å²) in [5.41, 5.74) is -1.12. The Morgan fingerprint density at radius 3 is 0.849 bits per heavy atom. The molecule has 6 nitrogen and oxygen atoms in total. The largest absolute Gasteiger partial charge is 0.465 e.